The van der Waals surface area contributed by atoms with Gasteiger partial charge < -0.3 is 0 Å². The number of hydrogen-bond acceptors (Lipinski definition) is 3. The van der Waals surface area contributed by atoms with E-state index in [1.54, 1.807) is 0 Å². The van der Waals surface area contributed by atoms with Crippen LogP contribution in [0.4, 0.5) is 0 Å². The largest absolute Gasteiger partial charge is 0.217 e. The zero-order chi connectivity index (χ0) is 16.6. The highest BCUT2D eigenvalue weighted by atomic mass is 15.0. The van der Waals surface area contributed by atoms with Crippen LogP contribution in [0, 0.1) is 0 Å². The normalized spacial score (nSPS) is 12.1. The van der Waals surface area contributed by atoms with Gasteiger partial charge in [0.25, 0.3) is 0 Å². The lowest BCUT2D eigenvalue weighted by Gasteiger charge is -2.19. The van der Waals surface area contributed by atoms with E-state index in [4.69, 9.17) is 9.97 Å². The van der Waals surface area contributed by atoms with Gasteiger partial charge in [-0.1, -0.05) is 71.0 Å². The van der Waals surface area contributed by atoms with Crippen LogP contribution in [-0.4, -0.2) is 15.0 Å². The van der Waals surface area contributed by atoms with Crippen LogP contribution in [0.1, 0.15) is 52.2 Å². The molecule has 0 N–H and O–H groups in total. The van der Waals surface area contributed by atoms with Crippen molar-refractivity contribution in [3.8, 4) is 11.4 Å². The third-order valence-corrected chi connectivity index (χ3v) is 3.85. The van der Waals surface area contributed by atoms with Crippen molar-refractivity contribution in [3.05, 3.63) is 54.1 Å². The fraction of sp³-hybridized carbons (Fsp3) is 0.350. The quantitative estimate of drug-likeness (QED) is 0.660. The summed E-state index contributed by atoms with van der Waals surface area (Å²) in [6.45, 7) is 10.6. The Morgan fingerprint density at radius 1 is 0.826 bits per heavy atom. The summed E-state index contributed by atoms with van der Waals surface area (Å²) < 4.78 is 0. The van der Waals surface area contributed by atoms with Gasteiger partial charge in [0.15, 0.2) is 5.82 Å². The molecule has 118 valence electrons. The third kappa shape index (κ3) is 3.24. The minimum atomic E-state index is -0.0990. The Morgan fingerprint density at radius 3 is 2.17 bits per heavy atom. The van der Waals surface area contributed by atoms with Gasteiger partial charge in [-0.3, -0.25) is 0 Å². The molecule has 0 unspecified atom stereocenters. The van der Waals surface area contributed by atoms with E-state index < -0.39 is 0 Å². The van der Waals surface area contributed by atoms with Gasteiger partial charge in [-0.05, 0) is 16.8 Å². The minimum absolute atomic E-state index is 0.0990. The first kappa shape index (κ1) is 15.6. The molecule has 3 nitrogen and oxygen atoms in total. The SMILES string of the molecule is CC(C)c1nc(-c2ccc3ccccc3c2)nc(C(C)(C)C)n1. The number of benzene rings is 2. The molecule has 1 heterocycles. The molecule has 0 amide bonds. The number of fused-ring (bicyclic) bond motifs is 1. The maximum Gasteiger partial charge on any atom is 0.163 e. The molecule has 3 aromatic rings. The van der Waals surface area contributed by atoms with Crippen molar-refractivity contribution in [1.29, 1.82) is 0 Å². The van der Waals surface area contributed by atoms with Gasteiger partial charge in [0, 0.05) is 16.9 Å². The molecule has 0 aliphatic rings. The Bertz CT molecular complexity index is 845. The fourth-order valence-corrected chi connectivity index (χ4v) is 2.44. The van der Waals surface area contributed by atoms with Crippen LogP contribution in [0.3, 0.4) is 0 Å². The van der Waals surface area contributed by atoms with Gasteiger partial charge >= 0.3 is 0 Å². The molecule has 0 atom stereocenters. The molecule has 1 aromatic heterocycles. The summed E-state index contributed by atoms with van der Waals surface area (Å²) in [5.74, 6) is 2.74. The van der Waals surface area contributed by atoms with E-state index in [9.17, 15) is 0 Å². The van der Waals surface area contributed by atoms with E-state index in [0.29, 0.717) is 0 Å². The van der Waals surface area contributed by atoms with Crippen LogP contribution in [0.2, 0.25) is 0 Å². The molecule has 23 heavy (non-hydrogen) atoms. The summed E-state index contributed by atoms with van der Waals surface area (Å²) in [6.07, 6.45) is 0. The minimum Gasteiger partial charge on any atom is -0.217 e. The highest BCUT2D eigenvalue weighted by Gasteiger charge is 2.21. The van der Waals surface area contributed by atoms with Crippen LogP contribution in [0.15, 0.2) is 42.5 Å². The maximum atomic E-state index is 4.74. The van der Waals surface area contributed by atoms with Crippen molar-refractivity contribution < 1.29 is 0 Å². The summed E-state index contributed by atoms with van der Waals surface area (Å²) in [5.41, 5.74) is 0.941. The first-order valence-corrected chi connectivity index (χ1v) is 8.10. The van der Waals surface area contributed by atoms with E-state index in [1.807, 2.05) is 0 Å². The first-order valence-electron chi connectivity index (χ1n) is 8.10. The topological polar surface area (TPSA) is 38.7 Å². The third-order valence-electron chi connectivity index (χ3n) is 3.85. The second-order valence-corrected chi connectivity index (χ2v) is 7.31. The Hall–Kier alpha value is -2.29. The van der Waals surface area contributed by atoms with Gasteiger partial charge in [-0.15, -0.1) is 0 Å². The van der Waals surface area contributed by atoms with Crippen LogP contribution in [-0.2, 0) is 5.41 Å². The average Bonchev–Trinajstić information content (AvgIpc) is 2.53. The zero-order valence-electron chi connectivity index (χ0n) is 14.5. The van der Waals surface area contributed by atoms with Crippen LogP contribution in [0.5, 0.6) is 0 Å². The zero-order valence-corrected chi connectivity index (χ0v) is 14.5. The number of rotatable bonds is 2. The summed E-state index contributed by atoms with van der Waals surface area (Å²) in [5, 5.41) is 2.43. The molecule has 0 saturated carbocycles. The molecule has 3 rings (SSSR count). The molecule has 0 spiro atoms. The Labute approximate surface area is 137 Å². The lowest BCUT2D eigenvalue weighted by atomic mass is 9.95. The number of hydrogen-bond donors (Lipinski definition) is 0. The van der Waals surface area contributed by atoms with Crippen molar-refractivity contribution in [2.45, 2.75) is 46.0 Å². The van der Waals surface area contributed by atoms with Crippen LogP contribution >= 0.6 is 0 Å². The predicted molar refractivity (Wildman–Crippen MR) is 95.6 cm³/mol. The fourth-order valence-electron chi connectivity index (χ4n) is 2.44. The van der Waals surface area contributed by atoms with Crippen molar-refractivity contribution in [2.24, 2.45) is 0 Å². The molecule has 0 radical (unpaired) electrons. The van der Waals surface area contributed by atoms with E-state index in [-0.39, 0.29) is 11.3 Å². The number of aromatic nitrogens is 3. The van der Waals surface area contributed by atoms with E-state index in [1.165, 1.54) is 10.8 Å². The molecular weight excluding hydrogens is 282 g/mol. The summed E-state index contributed by atoms with van der Waals surface area (Å²) >= 11 is 0. The van der Waals surface area contributed by atoms with Crippen molar-refractivity contribution in [2.75, 3.05) is 0 Å². The maximum absolute atomic E-state index is 4.74. The predicted octanol–water partition coefficient (Wildman–Crippen LogP) is 5.11. The second-order valence-electron chi connectivity index (χ2n) is 7.31. The molecule has 0 aliphatic carbocycles. The standard InChI is InChI=1S/C20H23N3/c1-13(2)17-21-18(23-19(22-17)20(3,4)5)16-11-10-14-8-6-7-9-15(14)12-16/h6-13H,1-5H3. The Kier molecular flexibility index (Phi) is 3.88. The molecule has 0 fully saturated rings. The van der Waals surface area contributed by atoms with E-state index in [2.05, 4.69) is 82.1 Å². The lowest BCUT2D eigenvalue weighted by Crippen LogP contribution is -2.19. The second kappa shape index (κ2) is 5.73. The Morgan fingerprint density at radius 2 is 1.52 bits per heavy atom. The van der Waals surface area contributed by atoms with Crippen molar-refractivity contribution in [1.82, 2.24) is 15.0 Å². The summed E-state index contributed by atoms with van der Waals surface area (Å²) in [7, 11) is 0. The highest BCUT2D eigenvalue weighted by Crippen LogP contribution is 2.26. The van der Waals surface area contributed by atoms with Gasteiger partial charge in [0.2, 0.25) is 0 Å². The van der Waals surface area contributed by atoms with Gasteiger partial charge in [-0.25, -0.2) is 15.0 Å². The van der Waals surface area contributed by atoms with Crippen molar-refractivity contribution in [3.63, 3.8) is 0 Å². The molecular formula is C20H23N3. The molecule has 0 aliphatic heterocycles. The first-order chi connectivity index (χ1) is 10.8. The number of nitrogens with zero attached hydrogens (tertiary/aromatic N) is 3. The van der Waals surface area contributed by atoms with Gasteiger partial charge in [0.05, 0.1) is 0 Å². The summed E-state index contributed by atoms with van der Waals surface area (Å²) in [6, 6.07) is 14.7. The molecule has 3 heteroatoms. The van der Waals surface area contributed by atoms with Gasteiger partial charge in [0.1, 0.15) is 11.6 Å². The smallest absolute Gasteiger partial charge is 0.163 e. The van der Waals surface area contributed by atoms with Crippen molar-refractivity contribution >= 4 is 10.8 Å². The molecule has 0 saturated heterocycles. The monoisotopic (exact) mass is 305 g/mol. The van der Waals surface area contributed by atoms with Gasteiger partial charge in [-0.2, -0.15) is 0 Å². The van der Waals surface area contributed by atoms with Crippen LogP contribution < -0.4 is 0 Å². The van der Waals surface area contributed by atoms with E-state index >= 15 is 0 Å². The van der Waals surface area contributed by atoms with Crippen LogP contribution in [0.25, 0.3) is 22.2 Å². The average molecular weight is 305 g/mol. The molecule has 0 bridgehead atoms. The highest BCUT2D eigenvalue weighted by molar-refractivity contribution is 5.86. The molecule has 2 aromatic carbocycles. The summed E-state index contributed by atoms with van der Waals surface area (Å²) in [4.78, 5) is 14.1. The lowest BCUT2D eigenvalue weighted by molar-refractivity contribution is 0.533. The Balaban J connectivity index is 2.18. The van der Waals surface area contributed by atoms with E-state index in [0.717, 1.165) is 23.0 Å².